The zero-order valence-electron chi connectivity index (χ0n) is 11.2. The number of rotatable bonds is 7. The van der Waals surface area contributed by atoms with Crippen LogP contribution in [0.4, 0.5) is 4.39 Å². The van der Waals surface area contributed by atoms with Gasteiger partial charge in [0, 0.05) is 6.54 Å². The number of carbonyl (C=O) groups excluding carboxylic acids is 1. The van der Waals surface area contributed by atoms with Gasteiger partial charge in [-0.3, -0.25) is 4.79 Å². The van der Waals surface area contributed by atoms with Crippen LogP contribution in [0, 0.1) is 5.82 Å². The third kappa shape index (κ3) is 4.62. The minimum atomic E-state index is -1.25. The smallest absolute Gasteiger partial charge is 0.335 e. The zero-order valence-corrected chi connectivity index (χ0v) is 11.2. The van der Waals surface area contributed by atoms with Crippen LogP contribution in [0.25, 0.3) is 0 Å². The fourth-order valence-corrected chi connectivity index (χ4v) is 1.67. The Morgan fingerprint density at radius 1 is 1.40 bits per heavy atom. The fraction of sp³-hybridized carbons (Fsp3) is 0.429. The van der Waals surface area contributed by atoms with Gasteiger partial charge in [0.05, 0.1) is 17.2 Å². The highest BCUT2D eigenvalue weighted by molar-refractivity contribution is 5.96. The molecule has 0 radical (unpaired) electrons. The van der Waals surface area contributed by atoms with Crippen LogP contribution in [-0.2, 0) is 0 Å². The molecule has 0 spiro atoms. The van der Waals surface area contributed by atoms with Crippen molar-refractivity contribution in [3.63, 3.8) is 0 Å². The van der Waals surface area contributed by atoms with E-state index in [0.717, 1.165) is 12.1 Å². The van der Waals surface area contributed by atoms with E-state index in [0.29, 0.717) is 25.8 Å². The van der Waals surface area contributed by atoms with E-state index in [2.05, 4.69) is 5.32 Å². The Bertz CT molecular complexity index is 490. The molecule has 110 valence electrons. The van der Waals surface area contributed by atoms with E-state index >= 15 is 0 Å². The molecule has 0 aliphatic carbocycles. The fourth-order valence-electron chi connectivity index (χ4n) is 1.67. The summed E-state index contributed by atoms with van der Waals surface area (Å²) in [5.41, 5.74) is -0.392. The Labute approximate surface area is 116 Å². The van der Waals surface area contributed by atoms with Crippen LogP contribution in [0.5, 0.6) is 0 Å². The number of carbonyl (C=O) groups is 2. The molecule has 1 aromatic rings. The van der Waals surface area contributed by atoms with Crippen LogP contribution in [0.3, 0.4) is 0 Å². The second-order valence-corrected chi connectivity index (χ2v) is 4.46. The maximum atomic E-state index is 13.6. The van der Waals surface area contributed by atoms with Crippen molar-refractivity contribution in [1.82, 2.24) is 5.32 Å². The minimum Gasteiger partial charge on any atom is -0.478 e. The highest BCUT2D eigenvalue weighted by Crippen LogP contribution is 2.10. The maximum Gasteiger partial charge on any atom is 0.335 e. The highest BCUT2D eigenvalue weighted by Gasteiger charge is 2.14. The monoisotopic (exact) mass is 283 g/mol. The van der Waals surface area contributed by atoms with E-state index in [4.69, 9.17) is 5.11 Å². The van der Waals surface area contributed by atoms with Gasteiger partial charge >= 0.3 is 5.97 Å². The summed E-state index contributed by atoms with van der Waals surface area (Å²) in [4.78, 5) is 22.3. The summed E-state index contributed by atoms with van der Waals surface area (Å²) in [5, 5.41) is 20.6. The average molecular weight is 283 g/mol. The van der Waals surface area contributed by atoms with Crippen LogP contribution >= 0.6 is 0 Å². The van der Waals surface area contributed by atoms with E-state index in [-0.39, 0.29) is 11.1 Å². The lowest BCUT2D eigenvalue weighted by Gasteiger charge is -2.09. The normalized spacial score (nSPS) is 11.9. The Morgan fingerprint density at radius 2 is 2.10 bits per heavy atom. The number of aromatic carboxylic acids is 1. The molecule has 0 fully saturated rings. The number of nitrogens with one attached hydrogen (secondary N) is 1. The number of hydrogen-bond acceptors (Lipinski definition) is 3. The van der Waals surface area contributed by atoms with Crippen molar-refractivity contribution in [3.05, 3.63) is 35.1 Å². The van der Waals surface area contributed by atoms with E-state index in [1.165, 1.54) is 6.07 Å². The van der Waals surface area contributed by atoms with E-state index in [1.807, 2.05) is 6.92 Å². The van der Waals surface area contributed by atoms with E-state index in [9.17, 15) is 19.1 Å². The van der Waals surface area contributed by atoms with Crippen molar-refractivity contribution in [2.45, 2.75) is 32.3 Å². The van der Waals surface area contributed by atoms with Crippen molar-refractivity contribution in [3.8, 4) is 0 Å². The number of hydrogen-bond donors (Lipinski definition) is 3. The second-order valence-electron chi connectivity index (χ2n) is 4.46. The molecule has 1 amide bonds. The molecule has 1 atom stereocenters. The van der Waals surface area contributed by atoms with Gasteiger partial charge in [-0.15, -0.1) is 0 Å². The molecule has 20 heavy (non-hydrogen) atoms. The zero-order chi connectivity index (χ0) is 15.1. The standard InChI is InChI=1S/C14H18FNO4/c1-2-10(17)4-3-7-16-13(18)11-6-5-9(14(19)20)8-12(11)15/h5-6,8,10,17H,2-4,7H2,1H3,(H,16,18)(H,19,20). The highest BCUT2D eigenvalue weighted by atomic mass is 19.1. The first-order chi connectivity index (χ1) is 9.45. The first-order valence-corrected chi connectivity index (χ1v) is 6.44. The Kier molecular flexibility index (Phi) is 6.11. The number of benzene rings is 1. The molecule has 0 aliphatic heterocycles. The second kappa shape index (κ2) is 7.59. The molecule has 5 nitrogen and oxygen atoms in total. The van der Waals surface area contributed by atoms with Crippen LogP contribution < -0.4 is 5.32 Å². The lowest BCUT2D eigenvalue weighted by molar-refractivity contribution is 0.0695. The van der Waals surface area contributed by atoms with Crippen molar-refractivity contribution in [2.75, 3.05) is 6.54 Å². The molecule has 0 saturated heterocycles. The van der Waals surface area contributed by atoms with Gasteiger partial charge in [-0.25, -0.2) is 9.18 Å². The third-order valence-electron chi connectivity index (χ3n) is 2.93. The van der Waals surface area contributed by atoms with Crippen molar-refractivity contribution in [1.29, 1.82) is 0 Å². The van der Waals surface area contributed by atoms with Gasteiger partial charge < -0.3 is 15.5 Å². The van der Waals surface area contributed by atoms with Crippen LogP contribution in [-0.4, -0.2) is 34.7 Å². The largest absolute Gasteiger partial charge is 0.478 e. The maximum absolute atomic E-state index is 13.6. The quantitative estimate of drug-likeness (QED) is 0.666. The topological polar surface area (TPSA) is 86.6 Å². The van der Waals surface area contributed by atoms with Gasteiger partial charge in [-0.1, -0.05) is 6.92 Å². The summed E-state index contributed by atoms with van der Waals surface area (Å²) in [6, 6.07) is 3.15. The Balaban J connectivity index is 2.53. The molecule has 1 aromatic carbocycles. The summed E-state index contributed by atoms with van der Waals surface area (Å²) in [7, 11) is 0. The molecule has 0 heterocycles. The summed E-state index contributed by atoms with van der Waals surface area (Å²) < 4.78 is 13.6. The van der Waals surface area contributed by atoms with Crippen LogP contribution in [0.15, 0.2) is 18.2 Å². The first-order valence-electron chi connectivity index (χ1n) is 6.44. The number of aliphatic hydroxyl groups is 1. The summed E-state index contributed by atoms with van der Waals surface area (Å²) in [6.07, 6.45) is 1.42. The molecule has 6 heteroatoms. The molecule has 0 bridgehead atoms. The molecular weight excluding hydrogens is 265 g/mol. The lowest BCUT2D eigenvalue weighted by atomic mass is 10.1. The summed E-state index contributed by atoms with van der Waals surface area (Å²) in [5.74, 6) is -2.70. The first kappa shape index (κ1) is 16.1. The van der Waals surface area contributed by atoms with Crippen LogP contribution in [0.1, 0.15) is 46.9 Å². The molecular formula is C14H18FNO4. The van der Waals surface area contributed by atoms with Gasteiger partial charge in [-0.05, 0) is 37.5 Å². The SMILES string of the molecule is CCC(O)CCCNC(=O)c1ccc(C(=O)O)cc1F. The molecule has 1 rings (SSSR count). The van der Waals surface area contributed by atoms with Crippen molar-refractivity contribution >= 4 is 11.9 Å². The summed E-state index contributed by atoms with van der Waals surface area (Å²) in [6.45, 7) is 2.19. The Hall–Kier alpha value is -1.95. The number of aliphatic hydroxyl groups excluding tert-OH is 1. The molecule has 0 saturated carbocycles. The van der Waals surface area contributed by atoms with Gasteiger partial charge in [0.1, 0.15) is 5.82 Å². The lowest BCUT2D eigenvalue weighted by Crippen LogP contribution is -2.26. The van der Waals surface area contributed by atoms with Crippen molar-refractivity contribution in [2.24, 2.45) is 0 Å². The van der Waals surface area contributed by atoms with Gasteiger partial charge in [0.2, 0.25) is 0 Å². The van der Waals surface area contributed by atoms with Gasteiger partial charge in [-0.2, -0.15) is 0 Å². The third-order valence-corrected chi connectivity index (χ3v) is 2.93. The number of amides is 1. The summed E-state index contributed by atoms with van der Waals surface area (Å²) >= 11 is 0. The predicted molar refractivity (Wildman–Crippen MR) is 71.2 cm³/mol. The molecule has 0 aromatic heterocycles. The van der Waals surface area contributed by atoms with Gasteiger partial charge in [0.15, 0.2) is 0 Å². The Morgan fingerprint density at radius 3 is 2.65 bits per heavy atom. The number of halogens is 1. The van der Waals surface area contributed by atoms with Gasteiger partial charge in [0.25, 0.3) is 5.91 Å². The minimum absolute atomic E-state index is 0.189. The van der Waals surface area contributed by atoms with Crippen molar-refractivity contribution < 1.29 is 24.2 Å². The number of carboxylic acids is 1. The molecule has 3 N–H and O–H groups in total. The average Bonchev–Trinajstić information content (AvgIpc) is 2.42. The molecule has 1 unspecified atom stereocenters. The van der Waals surface area contributed by atoms with E-state index in [1.54, 1.807) is 0 Å². The van der Waals surface area contributed by atoms with E-state index < -0.39 is 23.8 Å². The predicted octanol–water partition coefficient (Wildman–Crippen LogP) is 1.80. The van der Waals surface area contributed by atoms with Crippen LogP contribution in [0.2, 0.25) is 0 Å². The molecule has 0 aliphatic rings. The number of carboxylic acid groups (broad SMARTS) is 1.